The molecule has 1 aromatic heterocycles. The van der Waals surface area contributed by atoms with Gasteiger partial charge in [0, 0.05) is 6.07 Å². The maximum atomic E-state index is 12.4. The van der Waals surface area contributed by atoms with Crippen molar-refractivity contribution in [2.45, 2.75) is 25.9 Å². The average Bonchev–Trinajstić information content (AvgIpc) is 2.69. The number of amides is 2. The topological polar surface area (TPSA) is 94.6 Å². The predicted molar refractivity (Wildman–Crippen MR) is 111 cm³/mol. The van der Waals surface area contributed by atoms with E-state index in [-0.39, 0.29) is 6.10 Å². The van der Waals surface area contributed by atoms with Gasteiger partial charge in [0.2, 0.25) is 0 Å². The monoisotopic (exact) mass is 418 g/mol. The molecule has 2 aromatic rings. The van der Waals surface area contributed by atoms with Gasteiger partial charge >= 0.3 is 6.03 Å². The number of anilines is 2. The van der Waals surface area contributed by atoms with Crippen LogP contribution in [0.3, 0.4) is 0 Å². The van der Waals surface area contributed by atoms with E-state index in [0.717, 1.165) is 24.1 Å². The number of nitrogens with zero attached hydrogens (tertiary/aromatic N) is 2. The van der Waals surface area contributed by atoms with Gasteiger partial charge < -0.3 is 19.5 Å². The number of ether oxygens (including phenoxy) is 3. The van der Waals surface area contributed by atoms with Crippen LogP contribution in [0.15, 0.2) is 36.7 Å². The highest BCUT2D eigenvalue weighted by molar-refractivity contribution is 6.32. The molecule has 0 radical (unpaired) electrons. The van der Waals surface area contributed by atoms with Crippen LogP contribution in [-0.4, -0.2) is 42.4 Å². The van der Waals surface area contributed by atoms with E-state index in [2.05, 4.69) is 27.2 Å². The Hall–Kier alpha value is -2.84. The summed E-state index contributed by atoms with van der Waals surface area (Å²) in [6.07, 6.45) is 4.54. The van der Waals surface area contributed by atoms with Crippen LogP contribution in [0.4, 0.5) is 16.3 Å². The summed E-state index contributed by atoms with van der Waals surface area (Å²) in [5.74, 6) is 1.17. The molecule has 2 N–H and O–H groups in total. The number of hydrogen-bond acceptors (Lipinski definition) is 6. The Balaban J connectivity index is 1.71. The highest BCUT2D eigenvalue weighted by atomic mass is 35.5. The Morgan fingerprint density at radius 1 is 1.31 bits per heavy atom. The maximum Gasteiger partial charge on any atom is 0.325 e. The highest BCUT2D eigenvalue weighted by Crippen LogP contribution is 2.36. The van der Waals surface area contributed by atoms with E-state index in [1.54, 1.807) is 18.3 Å². The van der Waals surface area contributed by atoms with Gasteiger partial charge in [-0.1, -0.05) is 23.8 Å². The third kappa shape index (κ3) is 5.82. The molecule has 1 saturated heterocycles. The van der Waals surface area contributed by atoms with Crippen LogP contribution in [0.25, 0.3) is 0 Å². The van der Waals surface area contributed by atoms with Crippen LogP contribution in [0.5, 0.6) is 11.5 Å². The van der Waals surface area contributed by atoms with Crippen molar-refractivity contribution < 1.29 is 19.0 Å². The van der Waals surface area contributed by atoms with E-state index in [1.165, 1.54) is 13.3 Å². The number of carbonyl (C=O) groups is 1. The van der Waals surface area contributed by atoms with Gasteiger partial charge in [0.1, 0.15) is 18.1 Å². The van der Waals surface area contributed by atoms with E-state index in [4.69, 9.17) is 25.8 Å². The van der Waals surface area contributed by atoms with Crippen LogP contribution in [0.1, 0.15) is 18.5 Å². The molecule has 0 spiro atoms. The van der Waals surface area contributed by atoms with Gasteiger partial charge in [-0.15, -0.1) is 0 Å². The molecule has 1 fully saturated rings. The Kier molecular flexibility index (Phi) is 6.90. The summed E-state index contributed by atoms with van der Waals surface area (Å²) < 4.78 is 16.9. The van der Waals surface area contributed by atoms with Crippen molar-refractivity contribution in [1.82, 2.24) is 9.97 Å². The third-order valence-corrected chi connectivity index (χ3v) is 4.57. The van der Waals surface area contributed by atoms with E-state index >= 15 is 0 Å². The van der Waals surface area contributed by atoms with Crippen molar-refractivity contribution in [3.63, 3.8) is 0 Å². The molecule has 1 aliphatic rings. The summed E-state index contributed by atoms with van der Waals surface area (Å²) in [6.45, 7) is 6.76. The predicted octanol–water partition coefficient (Wildman–Crippen LogP) is 4.21. The molecule has 2 heterocycles. The molecule has 154 valence electrons. The van der Waals surface area contributed by atoms with Gasteiger partial charge in [0.05, 0.1) is 48.6 Å². The number of nitrogens with one attached hydrogen (secondary N) is 2. The number of carbonyl (C=O) groups excluding carboxylic acids is 1. The zero-order valence-electron chi connectivity index (χ0n) is 16.3. The van der Waals surface area contributed by atoms with Crippen LogP contribution in [-0.2, 0) is 4.74 Å². The normalized spacial score (nSPS) is 16.2. The lowest BCUT2D eigenvalue weighted by Crippen LogP contribution is -2.27. The zero-order valence-corrected chi connectivity index (χ0v) is 17.1. The van der Waals surface area contributed by atoms with E-state index < -0.39 is 6.03 Å². The summed E-state index contributed by atoms with van der Waals surface area (Å²) in [4.78, 5) is 20.6. The largest absolute Gasteiger partial charge is 0.495 e. The highest BCUT2D eigenvalue weighted by Gasteiger charge is 2.19. The van der Waals surface area contributed by atoms with Gasteiger partial charge in [0.15, 0.2) is 5.82 Å². The molecule has 1 aliphatic heterocycles. The van der Waals surface area contributed by atoms with Crippen molar-refractivity contribution in [2.75, 3.05) is 31.0 Å². The van der Waals surface area contributed by atoms with Crippen molar-refractivity contribution in [3.05, 3.63) is 47.4 Å². The molecule has 0 bridgehead atoms. The Morgan fingerprint density at radius 2 is 2.14 bits per heavy atom. The summed E-state index contributed by atoms with van der Waals surface area (Å²) in [7, 11) is 1.51. The second-order valence-corrected chi connectivity index (χ2v) is 7.02. The molecule has 1 unspecified atom stereocenters. The lowest BCUT2D eigenvalue weighted by molar-refractivity contribution is 0.00609. The Bertz CT molecular complexity index is 889. The first kappa shape index (κ1) is 20.9. The maximum absolute atomic E-state index is 12.4. The molecule has 9 heteroatoms. The minimum absolute atomic E-state index is 0.0950. The molecular formula is C20H23ClN4O4. The fourth-order valence-corrected chi connectivity index (χ4v) is 3.02. The van der Waals surface area contributed by atoms with E-state index in [0.29, 0.717) is 41.2 Å². The summed E-state index contributed by atoms with van der Waals surface area (Å²) in [5.41, 5.74) is 2.28. The number of benzene rings is 1. The molecule has 29 heavy (non-hydrogen) atoms. The minimum atomic E-state index is -0.503. The molecule has 0 saturated carbocycles. The smallest absolute Gasteiger partial charge is 0.325 e. The molecule has 2 amide bonds. The van der Waals surface area contributed by atoms with Crippen molar-refractivity contribution >= 4 is 29.1 Å². The number of halogens is 1. The van der Waals surface area contributed by atoms with Crippen molar-refractivity contribution in [3.8, 4) is 11.5 Å². The minimum Gasteiger partial charge on any atom is -0.495 e. The third-order valence-electron chi connectivity index (χ3n) is 4.27. The standard InChI is InChI=1S/C20H23ClN4O4/c1-12-4-5-28-14(6-12)11-29-18-8-17(27-3)15(21)7-16(18)24-20(26)25-19-10-22-13(2)9-23-19/h7-10,14H,1,4-6,11H2,2-3H3,(H2,23,24,25,26). The van der Waals surface area contributed by atoms with Crippen molar-refractivity contribution in [2.24, 2.45) is 0 Å². The molecule has 8 nitrogen and oxygen atoms in total. The first-order valence-corrected chi connectivity index (χ1v) is 9.47. The fourth-order valence-electron chi connectivity index (χ4n) is 2.78. The summed E-state index contributed by atoms with van der Waals surface area (Å²) in [6, 6.07) is 2.69. The van der Waals surface area contributed by atoms with Gasteiger partial charge in [-0.2, -0.15) is 0 Å². The van der Waals surface area contributed by atoms with Gasteiger partial charge in [0.25, 0.3) is 0 Å². The van der Waals surface area contributed by atoms with Crippen LogP contribution in [0.2, 0.25) is 5.02 Å². The summed E-state index contributed by atoms with van der Waals surface area (Å²) in [5, 5.41) is 5.68. The van der Waals surface area contributed by atoms with E-state index in [9.17, 15) is 4.79 Å². The second kappa shape index (κ2) is 9.58. The van der Waals surface area contributed by atoms with Gasteiger partial charge in [-0.3, -0.25) is 10.3 Å². The molecule has 3 rings (SSSR count). The molecular weight excluding hydrogens is 396 g/mol. The van der Waals surface area contributed by atoms with Crippen LogP contribution in [0, 0.1) is 6.92 Å². The number of methoxy groups -OCH3 is 1. The quantitative estimate of drug-likeness (QED) is 0.682. The van der Waals surface area contributed by atoms with Crippen LogP contribution < -0.4 is 20.1 Å². The van der Waals surface area contributed by atoms with Gasteiger partial charge in [-0.25, -0.2) is 9.78 Å². The van der Waals surface area contributed by atoms with Crippen LogP contribution >= 0.6 is 11.6 Å². The lowest BCUT2D eigenvalue weighted by atomic mass is 10.1. The number of urea groups is 1. The fraction of sp³-hybridized carbons (Fsp3) is 0.350. The number of aromatic nitrogens is 2. The number of hydrogen-bond donors (Lipinski definition) is 2. The Labute approximate surface area is 174 Å². The zero-order chi connectivity index (χ0) is 20.8. The first-order valence-electron chi connectivity index (χ1n) is 9.10. The van der Waals surface area contributed by atoms with Gasteiger partial charge in [-0.05, 0) is 25.8 Å². The SMILES string of the molecule is C=C1CCOC(COc2cc(OC)c(Cl)cc2NC(=O)Nc2cnc(C)cn2)C1. The number of aryl methyl sites for hydroxylation is 1. The molecule has 1 atom stereocenters. The lowest BCUT2D eigenvalue weighted by Gasteiger charge is -2.25. The van der Waals surface area contributed by atoms with Crippen molar-refractivity contribution in [1.29, 1.82) is 0 Å². The summed E-state index contributed by atoms with van der Waals surface area (Å²) >= 11 is 6.22. The second-order valence-electron chi connectivity index (χ2n) is 6.61. The molecule has 1 aromatic carbocycles. The first-order chi connectivity index (χ1) is 13.9. The number of rotatable bonds is 6. The average molecular weight is 419 g/mol. The van der Waals surface area contributed by atoms with E-state index in [1.807, 2.05) is 6.92 Å². The molecule has 0 aliphatic carbocycles. The Morgan fingerprint density at radius 3 is 2.83 bits per heavy atom.